The van der Waals surface area contributed by atoms with Crippen LogP contribution in [-0.2, 0) is 0 Å². The lowest BCUT2D eigenvalue weighted by Gasteiger charge is -2.39. The molecule has 2 unspecified atom stereocenters. The second-order valence-corrected chi connectivity index (χ2v) is 34.9. The maximum atomic E-state index is 6.83. The van der Waals surface area contributed by atoms with Gasteiger partial charge in [0, 0.05) is 9.49 Å². The highest BCUT2D eigenvalue weighted by molar-refractivity contribution is 8.57. The molecule has 0 amide bonds. The summed E-state index contributed by atoms with van der Waals surface area (Å²) in [5.41, 5.74) is 0. The molecule has 0 heterocycles. The first-order valence-electron chi connectivity index (χ1n) is 5.44. The molecule has 0 saturated carbocycles. The zero-order valence-electron chi connectivity index (χ0n) is 11.6. The van der Waals surface area contributed by atoms with Crippen LogP contribution in [0.2, 0.25) is 13.1 Å². The van der Waals surface area contributed by atoms with E-state index in [1.165, 1.54) is 0 Å². The van der Waals surface area contributed by atoms with E-state index in [0.29, 0.717) is 0 Å². The lowest BCUT2D eigenvalue weighted by atomic mass is 10.3. The van der Waals surface area contributed by atoms with Gasteiger partial charge in [0.2, 0.25) is 12.1 Å². The molecular weight excluding hydrogens is 311 g/mol. The van der Waals surface area contributed by atoms with Crippen molar-refractivity contribution in [2.24, 2.45) is 0 Å². The van der Waals surface area contributed by atoms with Gasteiger partial charge in [-0.25, -0.2) is 0 Å². The number of halogens is 2. The molecule has 0 fully saturated rings. The Morgan fingerprint density at radius 1 is 0.688 bits per heavy atom. The first kappa shape index (κ1) is 17.7. The molecule has 0 radical (unpaired) electrons. The second kappa shape index (κ2) is 5.37. The third-order valence-corrected chi connectivity index (χ3v) is 37.6. The average Bonchev–Trinajstić information content (AvgIpc) is 1.72. The molecule has 0 spiro atoms. The Hall–Kier alpha value is 1.71. The molecule has 16 heavy (non-hydrogen) atoms. The third kappa shape index (κ3) is 6.59. The van der Waals surface area contributed by atoms with Gasteiger partial charge in [-0.05, 0) is 13.1 Å². The smallest absolute Gasteiger partial charge is 0.162 e. The van der Waals surface area contributed by atoms with Crippen molar-refractivity contribution >= 4 is 56.7 Å². The summed E-state index contributed by atoms with van der Waals surface area (Å²) in [7, 11) is 0. The molecule has 0 N–H and O–H groups in total. The Labute approximate surface area is 120 Å². The van der Waals surface area contributed by atoms with Crippen molar-refractivity contribution in [1.29, 1.82) is 0 Å². The molecule has 0 aliphatic rings. The van der Waals surface area contributed by atoms with Crippen molar-refractivity contribution in [3.05, 3.63) is 0 Å². The van der Waals surface area contributed by atoms with Crippen molar-refractivity contribution < 1.29 is 0 Å². The summed E-state index contributed by atoms with van der Waals surface area (Å²) in [5, 5.41) is 0. The van der Waals surface area contributed by atoms with Crippen LogP contribution in [-0.4, -0.2) is 21.6 Å². The van der Waals surface area contributed by atoms with E-state index in [9.17, 15) is 0 Å². The molecule has 0 saturated heterocycles. The van der Waals surface area contributed by atoms with E-state index in [-0.39, 0.29) is 9.49 Å². The summed E-state index contributed by atoms with van der Waals surface area (Å²) < 4.78 is 0.397. The highest BCUT2D eigenvalue weighted by atomic mass is 35.6. The van der Waals surface area contributed by atoms with Gasteiger partial charge in [-0.1, -0.05) is 41.5 Å². The topological polar surface area (TPSA) is 0 Å². The minimum Gasteiger partial charge on any atom is -0.162 e. The maximum absolute atomic E-state index is 6.83. The van der Waals surface area contributed by atoms with Crippen molar-refractivity contribution in [2.45, 2.75) is 64.1 Å². The van der Waals surface area contributed by atoms with Crippen LogP contribution in [0.4, 0.5) is 0 Å². The Bertz CT molecular complexity index is 216. The first-order chi connectivity index (χ1) is 6.66. The lowest BCUT2D eigenvalue weighted by molar-refractivity contribution is 0.808. The van der Waals surface area contributed by atoms with Crippen molar-refractivity contribution in [3.8, 4) is 0 Å². The Morgan fingerprint density at radius 3 is 1.00 bits per heavy atom. The van der Waals surface area contributed by atoms with Gasteiger partial charge in [-0.2, -0.15) is 44.6 Å². The Kier molecular flexibility index (Phi) is 5.95. The summed E-state index contributed by atoms with van der Waals surface area (Å²) >= 11 is 17.5. The molecule has 0 nitrogen and oxygen atoms in total. The van der Waals surface area contributed by atoms with Crippen LogP contribution in [0, 0.1) is 0 Å². The van der Waals surface area contributed by atoms with Crippen LogP contribution in [0.25, 0.3) is 0 Å². The molecule has 2 atom stereocenters. The van der Waals surface area contributed by atoms with Gasteiger partial charge in [0.15, 0.2) is 0 Å². The Morgan fingerprint density at radius 2 is 0.875 bits per heavy atom. The summed E-state index contributed by atoms with van der Waals surface area (Å²) in [6.07, 6.45) is 0. The van der Waals surface area contributed by atoms with E-state index in [2.05, 4.69) is 54.6 Å². The first-order valence-corrected chi connectivity index (χ1v) is 16.6. The molecule has 6 heteroatoms. The van der Waals surface area contributed by atoms with Gasteiger partial charge in [0.05, 0.1) is 0 Å². The molecule has 0 aliphatic heterocycles. The molecule has 0 aromatic heterocycles. The van der Waals surface area contributed by atoms with Gasteiger partial charge in [0.1, 0.15) is 0 Å². The fourth-order valence-electron chi connectivity index (χ4n) is 1.33. The largest absolute Gasteiger partial charge is 0.230 e. The highest BCUT2D eigenvalue weighted by Gasteiger charge is 2.52. The van der Waals surface area contributed by atoms with Crippen LogP contribution in [0.3, 0.4) is 0 Å². The normalized spacial score (nSPS) is 21.4. The van der Waals surface area contributed by atoms with E-state index < -0.39 is 12.1 Å². The van der Waals surface area contributed by atoms with Crippen LogP contribution < -0.4 is 0 Å². The molecule has 98 valence electrons. The third-order valence-electron chi connectivity index (χ3n) is 1.79. The zero-order chi connectivity index (χ0) is 13.4. The van der Waals surface area contributed by atoms with Gasteiger partial charge >= 0.3 is 0 Å². The van der Waals surface area contributed by atoms with E-state index >= 15 is 0 Å². The highest BCUT2D eigenvalue weighted by Crippen LogP contribution is 2.50. The van der Waals surface area contributed by atoms with Crippen molar-refractivity contribution in [1.82, 2.24) is 0 Å². The van der Waals surface area contributed by atoms with Gasteiger partial charge < -0.3 is 0 Å². The minimum atomic E-state index is -1.92. The quantitative estimate of drug-likeness (QED) is 0.476. The predicted octanol–water partition coefficient (Wildman–Crippen LogP) is 5.75. The van der Waals surface area contributed by atoms with Crippen molar-refractivity contribution in [2.75, 3.05) is 0 Å². The van der Waals surface area contributed by atoms with Gasteiger partial charge in [0.25, 0.3) is 0 Å². The molecular formula is C10H24Cl2S2Si2. The zero-order valence-corrected chi connectivity index (χ0v) is 16.7. The molecule has 0 aromatic carbocycles. The summed E-state index contributed by atoms with van der Waals surface area (Å²) in [6, 6.07) is -3.84. The number of hydrogen-bond acceptors (Lipinski definition) is 2. The van der Waals surface area contributed by atoms with E-state index in [1.807, 2.05) is 22.4 Å². The molecule has 0 bridgehead atoms. The summed E-state index contributed by atoms with van der Waals surface area (Å²) in [6.45, 7) is 17.7. The number of hydrogen-bond donors (Lipinski definition) is 0. The maximum Gasteiger partial charge on any atom is 0.230 e. The van der Waals surface area contributed by atoms with Gasteiger partial charge in [-0.3, -0.25) is 0 Å². The van der Waals surface area contributed by atoms with Gasteiger partial charge in [-0.15, -0.1) is 0 Å². The Balaban J connectivity index is 4.85. The molecule has 0 rings (SSSR count). The lowest BCUT2D eigenvalue weighted by Crippen LogP contribution is -2.50. The molecule has 0 aliphatic carbocycles. The summed E-state index contributed by atoms with van der Waals surface area (Å²) in [5.74, 6) is 0. The summed E-state index contributed by atoms with van der Waals surface area (Å²) in [4.78, 5) is 0. The van der Waals surface area contributed by atoms with Crippen LogP contribution in [0.15, 0.2) is 0 Å². The molecule has 0 aromatic rings. The van der Waals surface area contributed by atoms with Crippen molar-refractivity contribution in [3.63, 3.8) is 0 Å². The second-order valence-electron chi connectivity index (χ2n) is 6.26. The SMILES string of the molecule is CC(C)(C)S[Si](C)(Cl)[Si](C)(Cl)SC(C)(C)C. The van der Waals surface area contributed by atoms with E-state index in [0.717, 1.165) is 0 Å². The predicted molar refractivity (Wildman–Crippen MR) is 89.6 cm³/mol. The fourth-order valence-corrected chi connectivity index (χ4v) is 29.3. The number of rotatable bonds is 3. The van der Waals surface area contributed by atoms with Crippen LogP contribution in [0.1, 0.15) is 41.5 Å². The standard InChI is InChI=1S/C10H24Cl2S2Si2/c1-9(2,3)13-15(7,11)16(8,12)14-10(4,5)6/h1-8H3. The van der Waals surface area contributed by atoms with Crippen LogP contribution >= 0.6 is 44.6 Å². The fraction of sp³-hybridized carbons (Fsp3) is 1.00. The van der Waals surface area contributed by atoms with Crippen LogP contribution in [0.5, 0.6) is 0 Å². The minimum absolute atomic E-state index is 0.199. The average molecular weight is 336 g/mol. The van der Waals surface area contributed by atoms with E-state index in [1.54, 1.807) is 0 Å². The van der Waals surface area contributed by atoms with E-state index in [4.69, 9.17) is 22.2 Å². The monoisotopic (exact) mass is 334 g/mol.